The second-order valence-corrected chi connectivity index (χ2v) is 11.4. The molecule has 0 radical (unpaired) electrons. The summed E-state index contributed by atoms with van der Waals surface area (Å²) in [6.07, 6.45) is 0. The Morgan fingerprint density at radius 1 is 0.449 bits per heavy atom. The largest absolute Gasteiger partial charge is 0.217 e. The molecule has 0 aliphatic heterocycles. The van der Waals surface area contributed by atoms with E-state index in [0.29, 0.717) is 65.4 Å². The molecule has 0 unspecified atom stereocenters. The minimum atomic E-state index is -0.161. The number of allylic oxidation sites excluding steroid dienone is 2. The second-order valence-electron chi connectivity index (χ2n) is 10.3. The van der Waals surface area contributed by atoms with Crippen molar-refractivity contribution in [2.45, 2.75) is 0 Å². The van der Waals surface area contributed by atoms with Crippen LogP contribution in [-0.4, -0.2) is 19.9 Å². The molecule has 49 heavy (non-hydrogen) atoms. The smallest absolute Gasteiger partial charge is 0.162 e. The maximum Gasteiger partial charge on any atom is 0.162 e. The first-order chi connectivity index (χ1) is 23.9. The van der Waals surface area contributed by atoms with Gasteiger partial charge in [-0.25, -0.2) is 19.9 Å². The van der Waals surface area contributed by atoms with E-state index in [-0.39, 0.29) is 45.6 Å². The van der Waals surface area contributed by atoms with E-state index in [9.17, 15) is 42.1 Å². The molecule has 12 nitrogen and oxygen atoms in total. The van der Waals surface area contributed by atoms with Crippen LogP contribution in [0.3, 0.4) is 0 Å². The summed E-state index contributed by atoms with van der Waals surface area (Å²) in [5.41, 5.74) is 5.07. The number of aromatic nitrogens is 4. The van der Waals surface area contributed by atoms with Gasteiger partial charge < -0.3 is 0 Å². The number of rotatable bonds is 2. The van der Waals surface area contributed by atoms with Crippen LogP contribution >= 0.6 is 11.3 Å². The number of nitriles is 8. The van der Waals surface area contributed by atoms with Gasteiger partial charge in [0.1, 0.15) is 82.5 Å². The van der Waals surface area contributed by atoms with Crippen molar-refractivity contribution in [3.05, 3.63) is 103 Å². The van der Waals surface area contributed by atoms with E-state index in [4.69, 9.17) is 0 Å². The van der Waals surface area contributed by atoms with Crippen molar-refractivity contribution in [1.29, 1.82) is 42.1 Å². The van der Waals surface area contributed by atoms with E-state index < -0.39 is 0 Å². The van der Waals surface area contributed by atoms with Gasteiger partial charge in [-0.15, -0.1) is 11.3 Å². The number of benzene rings is 2. The van der Waals surface area contributed by atoms with Gasteiger partial charge >= 0.3 is 0 Å². The van der Waals surface area contributed by atoms with Crippen LogP contribution in [0.5, 0.6) is 0 Å². The molecule has 0 atom stereocenters. The Bertz CT molecular complexity index is 2530. The third-order valence-electron chi connectivity index (χ3n) is 7.85. The summed E-state index contributed by atoms with van der Waals surface area (Å²) >= 11 is 1.23. The lowest BCUT2D eigenvalue weighted by molar-refractivity contribution is 1.12. The molecule has 2 aliphatic carbocycles. The Labute approximate surface area is 280 Å². The maximum atomic E-state index is 10.0. The fourth-order valence-electron chi connectivity index (χ4n) is 5.91. The van der Waals surface area contributed by atoms with Crippen molar-refractivity contribution in [1.82, 2.24) is 19.9 Å². The van der Waals surface area contributed by atoms with Gasteiger partial charge in [0.2, 0.25) is 0 Å². The van der Waals surface area contributed by atoms with Gasteiger partial charge in [-0.2, -0.15) is 42.1 Å². The molecule has 0 fully saturated rings. The predicted octanol–water partition coefficient (Wildman–Crippen LogP) is 5.81. The van der Waals surface area contributed by atoms with Gasteiger partial charge in [-0.3, -0.25) is 0 Å². The lowest BCUT2D eigenvalue weighted by Gasteiger charge is -2.08. The van der Waals surface area contributed by atoms with Crippen molar-refractivity contribution in [3.8, 4) is 93.6 Å². The first kappa shape index (κ1) is 29.4. The van der Waals surface area contributed by atoms with Gasteiger partial charge in [0.25, 0.3) is 0 Å². The number of hydrogen-bond donors (Lipinski definition) is 0. The summed E-state index contributed by atoms with van der Waals surface area (Å²) in [4.78, 5) is 18.2. The zero-order valence-corrected chi connectivity index (χ0v) is 25.2. The van der Waals surface area contributed by atoms with Crippen LogP contribution in [0.2, 0.25) is 0 Å². The summed E-state index contributed by atoms with van der Waals surface area (Å²) in [6.45, 7) is 0. The van der Waals surface area contributed by atoms with Crippen LogP contribution in [0.15, 0.2) is 59.7 Å². The molecule has 13 heteroatoms. The Kier molecular flexibility index (Phi) is 6.75. The van der Waals surface area contributed by atoms with Crippen LogP contribution in [-0.2, 0) is 0 Å². The zero-order valence-electron chi connectivity index (χ0n) is 24.4. The van der Waals surface area contributed by atoms with E-state index in [2.05, 4.69) is 19.9 Å². The minimum absolute atomic E-state index is 0.000776. The number of hydrogen-bond acceptors (Lipinski definition) is 13. The molecular formula is C36H8N12S. The van der Waals surface area contributed by atoms with E-state index in [1.165, 1.54) is 23.5 Å². The molecule has 2 aliphatic rings. The van der Waals surface area contributed by atoms with Gasteiger partial charge in [0.15, 0.2) is 11.6 Å². The van der Waals surface area contributed by atoms with Crippen LogP contribution in [0.4, 0.5) is 0 Å². The third-order valence-corrected chi connectivity index (χ3v) is 9.08. The first-order valence-corrected chi connectivity index (χ1v) is 14.7. The molecule has 3 heterocycles. The molecule has 7 rings (SSSR count). The predicted molar refractivity (Wildman–Crippen MR) is 171 cm³/mol. The van der Waals surface area contributed by atoms with Crippen molar-refractivity contribution >= 4 is 22.5 Å². The number of nitrogens with zero attached hydrogens (tertiary/aromatic N) is 12. The summed E-state index contributed by atoms with van der Waals surface area (Å²) in [5.74, 6) is 0.235. The molecule has 0 bridgehead atoms. The highest BCUT2D eigenvalue weighted by Gasteiger charge is 2.39. The van der Waals surface area contributed by atoms with E-state index in [1.807, 2.05) is 48.6 Å². The molecule has 218 valence electrons. The maximum absolute atomic E-state index is 10.0. The summed E-state index contributed by atoms with van der Waals surface area (Å²) in [6, 6.07) is 28.6. The fraction of sp³-hybridized carbons (Fsp3) is 0. The van der Waals surface area contributed by atoms with Crippen molar-refractivity contribution in [2.75, 3.05) is 0 Å². The third kappa shape index (κ3) is 4.36. The molecule has 0 amide bonds. The first-order valence-electron chi connectivity index (χ1n) is 13.9. The van der Waals surface area contributed by atoms with Gasteiger partial charge in [-0.1, -0.05) is 24.3 Å². The average Bonchev–Trinajstić information content (AvgIpc) is 3.78. The van der Waals surface area contributed by atoms with Crippen LogP contribution in [0, 0.1) is 90.6 Å². The monoisotopic (exact) mass is 640 g/mol. The molecule has 0 saturated heterocycles. The van der Waals surface area contributed by atoms with E-state index >= 15 is 0 Å². The molecule has 2 aromatic carbocycles. The van der Waals surface area contributed by atoms with Gasteiger partial charge in [0, 0.05) is 55.3 Å². The Hall–Kier alpha value is -8.30. The van der Waals surface area contributed by atoms with Gasteiger partial charge in [-0.05, 0) is 34.4 Å². The molecule has 5 aromatic rings. The van der Waals surface area contributed by atoms with Crippen molar-refractivity contribution < 1.29 is 0 Å². The normalized spacial score (nSPS) is 11.0. The minimum Gasteiger partial charge on any atom is -0.217 e. The highest BCUT2D eigenvalue weighted by molar-refractivity contribution is 7.16. The van der Waals surface area contributed by atoms with Crippen LogP contribution < -0.4 is 0 Å². The lowest BCUT2D eigenvalue weighted by Crippen LogP contribution is -1.97. The highest BCUT2D eigenvalue weighted by Crippen LogP contribution is 2.61. The average molecular weight is 641 g/mol. The highest BCUT2D eigenvalue weighted by atomic mass is 32.1. The van der Waals surface area contributed by atoms with Crippen molar-refractivity contribution in [3.63, 3.8) is 0 Å². The number of fused-ring (bicyclic) bond motifs is 7. The summed E-state index contributed by atoms with van der Waals surface area (Å²) in [5, 5.41) is 77.9. The Balaban J connectivity index is 1.51. The molecule has 0 spiro atoms. The zero-order chi connectivity index (χ0) is 34.4. The molecule has 0 saturated carbocycles. The standard InChI is InChI=1S/C36H8N12S/c37-9-19(10-38)29-27-5-17(35-45-21(13-41)7-22(14-42)46-35)1-3-25(27)31-32-26-4-2-18(36-47-23(15-43)8-24(16-44)48-36)6-28(26)30(20(11-39)12-40)34(32)49-33(29)31/h1-8H. The topological polar surface area (TPSA) is 242 Å². The molecule has 3 aromatic heterocycles. The van der Waals surface area contributed by atoms with Crippen molar-refractivity contribution in [2.24, 2.45) is 0 Å². The van der Waals surface area contributed by atoms with E-state index in [0.717, 1.165) is 0 Å². The summed E-state index contributed by atoms with van der Waals surface area (Å²) in [7, 11) is 0. The lowest BCUT2D eigenvalue weighted by atomic mass is 9.96. The summed E-state index contributed by atoms with van der Waals surface area (Å²) < 4.78 is 0. The van der Waals surface area contributed by atoms with Crippen LogP contribution in [0.25, 0.3) is 56.2 Å². The Morgan fingerprint density at radius 2 is 0.796 bits per heavy atom. The molecular weight excluding hydrogens is 633 g/mol. The van der Waals surface area contributed by atoms with Gasteiger partial charge in [0.05, 0.1) is 0 Å². The number of thiophene rings is 1. The van der Waals surface area contributed by atoms with E-state index in [1.54, 1.807) is 36.4 Å². The quantitative estimate of drug-likeness (QED) is 0.203. The molecule has 0 N–H and O–H groups in total. The second kappa shape index (κ2) is 11.2. The van der Waals surface area contributed by atoms with Crippen LogP contribution in [0.1, 0.15) is 43.7 Å². The SMILES string of the molecule is N#CC(C#N)=C1c2cc(-c3nc(C#N)cc(C#N)n3)ccc2-c2c1sc1c2-c2ccc(-c3nc(C#N)cc(C#N)n3)cc2C1=C(C#N)C#N. The fourth-order valence-corrected chi connectivity index (χ4v) is 7.37. The Morgan fingerprint density at radius 3 is 1.10 bits per heavy atom.